The van der Waals surface area contributed by atoms with Gasteiger partial charge in [0, 0.05) is 16.9 Å². The molecule has 1 nitrogen and oxygen atoms in total. The SMILES string of the molecule is CC(C)(C)C1CCC(Cl)C(CC2COc3ccccc32)C1. The molecule has 4 unspecified atom stereocenters. The number of hydrogen-bond donors (Lipinski definition) is 0. The zero-order valence-electron chi connectivity index (χ0n) is 13.4. The monoisotopic (exact) mass is 306 g/mol. The zero-order valence-corrected chi connectivity index (χ0v) is 14.2. The fourth-order valence-corrected chi connectivity index (χ4v) is 4.38. The van der Waals surface area contributed by atoms with Crippen LogP contribution in [0.1, 0.15) is 57.9 Å². The molecule has 3 rings (SSSR count). The van der Waals surface area contributed by atoms with Gasteiger partial charge in [0.2, 0.25) is 0 Å². The van der Waals surface area contributed by atoms with Gasteiger partial charge in [0.15, 0.2) is 0 Å². The summed E-state index contributed by atoms with van der Waals surface area (Å²) in [6, 6.07) is 8.49. The second-order valence-corrected chi connectivity index (χ2v) is 8.49. The highest BCUT2D eigenvalue weighted by molar-refractivity contribution is 6.20. The number of hydrogen-bond acceptors (Lipinski definition) is 1. The molecule has 116 valence electrons. The molecule has 1 saturated carbocycles. The van der Waals surface area contributed by atoms with Crippen LogP contribution in [0, 0.1) is 17.3 Å². The molecule has 0 N–H and O–H groups in total. The van der Waals surface area contributed by atoms with E-state index in [1.54, 1.807) is 0 Å². The summed E-state index contributed by atoms with van der Waals surface area (Å²) >= 11 is 6.66. The van der Waals surface area contributed by atoms with Crippen LogP contribution in [-0.2, 0) is 0 Å². The van der Waals surface area contributed by atoms with Gasteiger partial charge in [-0.15, -0.1) is 11.6 Å². The third kappa shape index (κ3) is 3.23. The molecule has 2 aliphatic rings. The molecule has 1 fully saturated rings. The van der Waals surface area contributed by atoms with E-state index in [1.807, 2.05) is 0 Å². The van der Waals surface area contributed by atoms with E-state index in [-0.39, 0.29) is 0 Å². The lowest BCUT2D eigenvalue weighted by atomic mass is 9.67. The summed E-state index contributed by atoms with van der Waals surface area (Å²) in [5.41, 5.74) is 1.79. The smallest absolute Gasteiger partial charge is 0.122 e. The van der Waals surface area contributed by atoms with E-state index in [1.165, 1.54) is 31.2 Å². The molecule has 1 aromatic rings. The summed E-state index contributed by atoms with van der Waals surface area (Å²) in [5.74, 6) is 3.04. The predicted octanol–water partition coefficient (Wildman–Crippen LogP) is 5.62. The molecule has 1 aliphatic heterocycles. The number of benzene rings is 1. The molecule has 0 aromatic heterocycles. The number of halogens is 1. The lowest BCUT2D eigenvalue weighted by Crippen LogP contribution is -2.33. The van der Waals surface area contributed by atoms with Gasteiger partial charge in [-0.1, -0.05) is 39.0 Å². The van der Waals surface area contributed by atoms with E-state index in [9.17, 15) is 0 Å². The highest BCUT2D eigenvalue weighted by Gasteiger charge is 2.37. The first kappa shape index (κ1) is 15.2. The summed E-state index contributed by atoms with van der Waals surface area (Å²) in [7, 11) is 0. The van der Waals surface area contributed by atoms with Gasteiger partial charge in [-0.05, 0) is 49.0 Å². The minimum Gasteiger partial charge on any atom is -0.493 e. The Bertz CT molecular complexity index is 491. The molecule has 1 heterocycles. The number of para-hydroxylation sites is 1. The molecule has 0 spiro atoms. The average molecular weight is 307 g/mol. The predicted molar refractivity (Wildman–Crippen MR) is 89.2 cm³/mol. The lowest BCUT2D eigenvalue weighted by molar-refractivity contribution is 0.134. The Morgan fingerprint density at radius 2 is 1.95 bits per heavy atom. The van der Waals surface area contributed by atoms with Gasteiger partial charge in [0.1, 0.15) is 5.75 Å². The third-order valence-electron chi connectivity index (χ3n) is 5.50. The maximum Gasteiger partial charge on any atom is 0.122 e. The Kier molecular flexibility index (Phi) is 4.23. The van der Waals surface area contributed by atoms with Gasteiger partial charge in [-0.3, -0.25) is 0 Å². The van der Waals surface area contributed by atoms with Crippen molar-refractivity contribution in [1.29, 1.82) is 0 Å². The highest BCUT2D eigenvalue weighted by atomic mass is 35.5. The van der Waals surface area contributed by atoms with Gasteiger partial charge in [0.05, 0.1) is 6.61 Å². The van der Waals surface area contributed by atoms with Crippen molar-refractivity contribution >= 4 is 11.6 Å². The van der Waals surface area contributed by atoms with E-state index in [2.05, 4.69) is 45.0 Å². The molecule has 21 heavy (non-hydrogen) atoms. The number of alkyl halides is 1. The van der Waals surface area contributed by atoms with Crippen molar-refractivity contribution < 1.29 is 4.74 Å². The second-order valence-electron chi connectivity index (χ2n) is 7.93. The molecule has 1 aromatic carbocycles. The fraction of sp³-hybridized carbons (Fsp3) is 0.684. The number of fused-ring (bicyclic) bond motifs is 1. The first-order chi connectivity index (χ1) is 9.95. The first-order valence-corrected chi connectivity index (χ1v) is 8.74. The molecule has 4 atom stereocenters. The summed E-state index contributed by atoms with van der Waals surface area (Å²) in [5, 5.41) is 0.344. The van der Waals surface area contributed by atoms with E-state index in [0.717, 1.165) is 18.3 Å². The van der Waals surface area contributed by atoms with E-state index in [0.29, 0.717) is 22.6 Å². The maximum atomic E-state index is 6.66. The average Bonchev–Trinajstić information content (AvgIpc) is 2.83. The Morgan fingerprint density at radius 1 is 1.19 bits per heavy atom. The lowest BCUT2D eigenvalue weighted by Gasteiger charge is -2.40. The van der Waals surface area contributed by atoms with E-state index < -0.39 is 0 Å². The molecule has 2 heteroatoms. The van der Waals surface area contributed by atoms with E-state index in [4.69, 9.17) is 16.3 Å². The van der Waals surface area contributed by atoms with E-state index >= 15 is 0 Å². The van der Waals surface area contributed by atoms with Crippen molar-refractivity contribution in [3.05, 3.63) is 29.8 Å². The van der Waals surface area contributed by atoms with Crippen LogP contribution >= 0.6 is 11.6 Å². The Hall–Kier alpha value is -0.690. The summed E-state index contributed by atoms with van der Waals surface area (Å²) in [6.45, 7) is 7.95. The molecule has 1 aliphatic carbocycles. The van der Waals surface area contributed by atoms with Gasteiger partial charge in [-0.2, -0.15) is 0 Å². The van der Waals surface area contributed by atoms with Crippen LogP contribution in [-0.4, -0.2) is 12.0 Å². The van der Waals surface area contributed by atoms with Crippen molar-refractivity contribution in [3.63, 3.8) is 0 Å². The van der Waals surface area contributed by atoms with Crippen molar-refractivity contribution in [2.45, 2.75) is 57.7 Å². The van der Waals surface area contributed by atoms with Crippen LogP contribution in [0.25, 0.3) is 0 Å². The topological polar surface area (TPSA) is 9.23 Å². The number of rotatable bonds is 2. The largest absolute Gasteiger partial charge is 0.493 e. The minimum atomic E-state index is 0.344. The van der Waals surface area contributed by atoms with Crippen molar-refractivity contribution in [2.24, 2.45) is 17.3 Å². The highest BCUT2D eigenvalue weighted by Crippen LogP contribution is 2.46. The molecular weight excluding hydrogens is 280 g/mol. The van der Waals surface area contributed by atoms with Gasteiger partial charge in [0.25, 0.3) is 0 Å². The van der Waals surface area contributed by atoms with Crippen LogP contribution in [0.5, 0.6) is 5.75 Å². The molecule has 0 saturated heterocycles. The van der Waals surface area contributed by atoms with Gasteiger partial charge in [-0.25, -0.2) is 0 Å². The molecule has 0 amide bonds. The fourth-order valence-electron chi connectivity index (χ4n) is 4.05. The third-order valence-corrected chi connectivity index (χ3v) is 6.08. The number of ether oxygens (including phenoxy) is 1. The summed E-state index contributed by atoms with van der Waals surface area (Å²) in [6.07, 6.45) is 4.91. The van der Waals surface area contributed by atoms with Crippen LogP contribution in [0.15, 0.2) is 24.3 Å². The second kappa shape index (κ2) is 5.83. The minimum absolute atomic E-state index is 0.344. The molecule has 0 radical (unpaired) electrons. The van der Waals surface area contributed by atoms with Crippen LogP contribution in [0.3, 0.4) is 0 Å². The van der Waals surface area contributed by atoms with Crippen molar-refractivity contribution in [1.82, 2.24) is 0 Å². The maximum absolute atomic E-state index is 6.66. The normalized spacial score (nSPS) is 32.6. The first-order valence-electron chi connectivity index (χ1n) is 8.31. The van der Waals surface area contributed by atoms with Gasteiger partial charge < -0.3 is 4.74 Å². The Labute approximate surface area is 134 Å². The standard InChI is InChI=1S/C19H27ClO/c1-19(2,3)15-8-9-17(20)13(11-15)10-14-12-21-18-7-5-4-6-16(14)18/h4-7,13-15,17H,8-12H2,1-3H3. The molecule has 0 bridgehead atoms. The Morgan fingerprint density at radius 3 is 2.71 bits per heavy atom. The van der Waals surface area contributed by atoms with Crippen LogP contribution in [0.4, 0.5) is 0 Å². The summed E-state index contributed by atoms with van der Waals surface area (Å²) in [4.78, 5) is 0. The quantitative estimate of drug-likeness (QED) is 0.644. The zero-order chi connectivity index (χ0) is 15.0. The Balaban J connectivity index is 1.69. The molecular formula is C19H27ClO. The van der Waals surface area contributed by atoms with Crippen molar-refractivity contribution in [3.8, 4) is 5.75 Å². The van der Waals surface area contributed by atoms with Gasteiger partial charge >= 0.3 is 0 Å². The summed E-state index contributed by atoms with van der Waals surface area (Å²) < 4.78 is 5.84. The van der Waals surface area contributed by atoms with Crippen LogP contribution in [0.2, 0.25) is 0 Å². The van der Waals surface area contributed by atoms with Crippen molar-refractivity contribution in [2.75, 3.05) is 6.61 Å². The van der Waals surface area contributed by atoms with Crippen LogP contribution < -0.4 is 4.74 Å².